The molecule has 0 amide bonds. The number of aromatic nitrogens is 1. The minimum atomic E-state index is -0.727. The highest BCUT2D eigenvalue weighted by Crippen LogP contribution is 2.19. The second kappa shape index (κ2) is 8.38. The molecule has 0 atom stereocenters. The second-order valence-electron chi connectivity index (χ2n) is 6.21. The number of H-pyrrole nitrogens is 1. The molecule has 0 unspecified atom stereocenters. The summed E-state index contributed by atoms with van der Waals surface area (Å²) < 4.78 is 5.91. The summed E-state index contributed by atoms with van der Waals surface area (Å²) in [7, 11) is 0. The minimum Gasteiger partial charge on any atom is -0.493 e. The monoisotopic (exact) mass is 337 g/mol. The molecule has 130 valence electrons. The number of unbranched alkanes of at least 4 members (excludes halogenated alkanes) is 1. The van der Waals surface area contributed by atoms with Crippen LogP contribution in [0.3, 0.4) is 0 Å². The van der Waals surface area contributed by atoms with Crippen LogP contribution in [0, 0.1) is 0 Å². The summed E-state index contributed by atoms with van der Waals surface area (Å²) in [5, 5.41) is 9.92. The van der Waals surface area contributed by atoms with E-state index in [0.29, 0.717) is 13.0 Å². The van der Waals surface area contributed by atoms with Crippen LogP contribution in [-0.2, 0) is 17.6 Å². The molecule has 0 saturated heterocycles. The number of aryl methyl sites for hydroxylation is 1. The fourth-order valence-electron chi connectivity index (χ4n) is 3.01. The fourth-order valence-corrected chi connectivity index (χ4v) is 3.01. The Hall–Kier alpha value is -2.75. The van der Waals surface area contributed by atoms with Crippen LogP contribution < -0.4 is 4.74 Å². The minimum absolute atomic E-state index is 0.237. The highest BCUT2D eigenvalue weighted by atomic mass is 16.5. The molecule has 1 heterocycles. The Morgan fingerprint density at radius 1 is 1.04 bits per heavy atom. The van der Waals surface area contributed by atoms with Crippen molar-refractivity contribution < 1.29 is 14.6 Å². The number of hydrogen-bond acceptors (Lipinski definition) is 2. The lowest BCUT2D eigenvalue weighted by atomic mass is 10.1. The maximum absolute atomic E-state index is 10.5. The molecule has 3 aromatic rings. The average molecular weight is 337 g/mol. The zero-order valence-corrected chi connectivity index (χ0v) is 14.2. The maximum Gasteiger partial charge on any atom is 0.303 e. The Labute approximate surface area is 147 Å². The van der Waals surface area contributed by atoms with Crippen molar-refractivity contribution in [2.45, 2.75) is 32.1 Å². The molecule has 3 rings (SSSR count). The van der Waals surface area contributed by atoms with E-state index in [4.69, 9.17) is 9.84 Å². The lowest BCUT2D eigenvalue weighted by Gasteiger charge is -2.08. The standard InChI is InChI=1S/C21H23NO3/c23-21(24)11-4-1-6-16-7-5-8-18(14-16)25-13-12-17-15-22-20-10-3-2-9-19(17)20/h2-3,5,7-10,14-15,22H,1,4,6,11-13H2,(H,23,24). The normalized spacial score (nSPS) is 10.9. The maximum atomic E-state index is 10.5. The van der Waals surface area contributed by atoms with E-state index < -0.39 is 5.97 Å². The molecule has 0 aliphatic heterocycles. The first kappa shape index (κ1) is 17.1. The van der Waals surface area contributed by atoms with Gasteiger partial charge in [0, 0.05) is 29.9 Å². The molecule has 2 N–H and O–H groups in total. The van der Waals surface area contributed by atoms with Gasteiger partial charge in [-0.05, 0) is 48.6 Å². The van der Waals surface area contributed by atoms with Crippen molar-refractivity contribution in [3.8, 4) is 5.75 Å². The number of aromatic amines is 1. The van der Waals surface area contributed by atoms with Gasteiger partial charge in [0.1, 0.15) is 5.75 Å². The van der Waals surface area contributed by atoms with Crippen molar-refractivity contribution in [3.05, 3.63) is 65.9 Å². The smallest absolute Gasteiger partial charge is 0.303 e. The summed E-state index contributed by atoms with van der Waals surface area (Å²) in [6, 6.07) is 16.4. The molecule has 2 aromatic carbocycles. The van der Waals surface area contributed by atoms with Crippen molar-refractivity contribution >= 4 is 16.9 Å². The molecule has 0 aliphatic carbocycles. The van der Waals surface area contributed by atoms with Gasteiger partial charge in [-0.1, -0.05) is 30.3 Å². The first-order chi connectivity index (χ1) is 12.2. The van der Waals surface area contributed by atoms with Gasteiger partial charge in [0.25, 0.3) is 0 Å². The van der Waals surface area contributed by atoms with Crippen molar-refractivity contribution in [3.63, 3.8) is 0 Å². The zero-order chi connectivity index (χ0) is 17.5. The number of carboxylic acids is 1. The molecule has 0 saturated carbocycles. The van der Waals surface area contributed by atoms with E-state index in [2.05, 4.69) is 29.2 Å². The molecular weight excluding hydrogens is 314 g/mol. The summed E-state index contributed by atoms with van der Waals surface area (Å²) in [5.74, 6) is 0.143. The highest BCUT2D eigenvalue weighted by molar-refractivity contribution is 5.83. The summed E-state index contributed by atoms with van der Waals surface area (Å²) >= 11 is 0. The van der Waals surface area contributed by atoms with Gasteiger partial charge in [0.15, 0.2) is 0 Å². The van der Waals surface area contributed by atoms with Crippen LogP contribution >= 0.6 is 0 Å². The number of ether oxygens (including phenoxy) is 1. The quantitative estimate of drug-likeness (QED) is 0.562. The molecule has 0 bridgehead atoms. The topological polar surface area (TPSA) is 62.3 Å². The van der Waals surface area contributed by atoms with Gasteiger partial charge in [-0.15, -0.1) is 0 Å². The SMILES string of the molecule is O=C(O)CCCCc1cccc(OCCc2c[nH]c3ccccc23)c1. The Morgan fingerprint density at radius 3 is 2.80 bits per heavy atom. The number of hydrogen-bond donors (Lipinski definition) is 2. The summed E-state index contributed by atoms with van der Waals surface area (Å²) in [6.07, 6.45) is 5.61. The molecule has 0 aliphatic rings. The number of para-hydroxylation sites is 1. The van der Waals surface area contributed by atoms with E-state index in [-0.39, 0.29) is 6.42 Å². The highest BCUT2D eigenvalue weighted by Gasteiger charge is 2.04. The third kappa shape index (κ3) is 4.86. The van der Waals surface area contributed by atoms with Crippen LogP contribution in [0.2, 0.25) is 0 Å². The Bertz CT molecular complexity index is 838. The van der Waals surface area contributed by atoms with Gasteiger partial charge in [0.2, 0.25) is 0 Å². The lowest BCUT2D eigenvalue weighted by Crippen LogP contribution is -2.01. The van der Waals surface area contributed by atoms with E-state index in [1.54, 1.807) is 0 Å². The van der Waals surface area contributed by atoms with Gasteiger partial charge in [-0.25, -0.2) is 0 Å². The number of rotatable bonds is 9. The van der Waals surface area contributed by atoms with Crippen LogP contribution in [0.15, 0.2) is 54.7 Å². The predicted molar refractivity (Wildman–Crippen MR) is 99.1 cm³/mol. The second-order valence-corrected chi connectivity index (χ2v) is 6.21. The number of benzene rings is 2. The van der Waals surface area contributed by atoms with Crippen LogP contribution in [-0.4, -0.2) is 22.7 Å². The van der Waals surface area contributed by atoms with Gasteiger partial charge >= 0.3 is 5.97 Å². The van der Waals surface area contributed by atoms with Gasteiger partial charge in [-0.3, -0.25) is 4.79 Å². The van der Waals surface area contributed by atoms with Crippen LogP contribution in [0.1, 0.15) is 30.4 Å². The van der Waals surface area contributed by atoms with Crippen molar-refractivity contribution in [1.29, 1.82) is 0 Å². The van der Waals surface area contributed by atoms with E-state index in [1.807, 2.05) is 30.5 Å². The van der Waals surface area contributed by atoms with Crippen molar-refractivity contribution in [2.75, 3.05) is 6.61 Å². The van der Waals surface area contributed by atoms with Crippen LogP contribution in [0.4, 0.5) is 0 Å². The summed E-state index contributed by atoms with van der Waals surface area (Å²) in [6.45, 7) is 0.629. The molecule has 1 aromatic heterocycles. The van der Waals surface area contributed by atoms with Crippen molar-refractivity contribution in [2.24, 2.45) is 0 Å². The van der Waals surface area contributed by atoms with Gasteiger partial charge in [0.05, 0.1) is 6.61 Å². The van der Waals surface area contributed by atoms with E-state index in [0.717, 1.165) is 30.5 Å². The predicted octanol–water partition coefficient (Wildman–Crippen LogP) is 4.59. The number of nitrogens with one attached hydrogen (secondary N) is 1. The Kier molecular flexibility index (Phi) is 5.73. The number of fused-ring (bicyclic) bond motifs is 1. The molecular formula is C21H23NO3. The molecule has 0 radical (unpaired) electrons. The fraction of sp³-hybridized carbons (Fsp3) is 0.286. The zero-order valence-electron chi connectivity index (χ0n) is 14.2. The number of aliphatic carboxylic acids is 1. The lowest BCUT2D eigenvalue weighted by molar-refractivity contribution is -0.137. The molecule has 4 nitrogen and oxygen atoms in total. The van der Waals surface area contributed by atoms with Gasteiger partial charge < -0.3 is 14.8 Å². The first-order valence-electron chi connectivity index (χ1n) is 8.71. The summed E-state index contributed by atoms with van der Waals surface area (Å²) in [4.78, 5) is 13.8. The molecule has 4 heteroatoms. The van der Waals surface area contributed by atoms with E-state index in [9.17, 15) is 4.79 Å². The first-order valence-corrected chi connectivity index (χ1v) is 8.71. The third-order valence-corrected chi connectivity index (χ3v) is 4.32. The number of carboxylic acid groups (broad SMARTS) is 1. The third-order valence-electron chi connectivity index (χ3n) is 4.32. The van der Waals surface area contributed by atoms with Crippen molar-refractivity contribution in [1.82, 2.24) is 4.98 Å². The van der Waals surface area contributed by atoms with E-state index in [1.165, 1.54) is 16.5 Å². The van der Waals surface area contributed by atoms with Crippen LogP contribution in [0.5, 0.6) is 5.75 Å². The molecule has 0 spiro atoms. The summed E-state index contributed by atoms with van der Waals surface area (Å²) in [5.41, 5.74) is 3.61. The Morgan fingerprint density at radius 2 is 1.92 bits per heavy atom. The van der Waals surface area contributed by atoms with Crippen LogP contribution in [0.25, 0.3) is 10.9 Å². The van der Waals surface area contributed by atoms with E-state index >= 15 is 0 Å². The largest absolute Gasteiger partial charge is 0.493 e. The Balaban J connectivity index is 1.49. The average Bonchev–Trinajstić information content (AvgIpc) is 3.02. The molecule has 25 heavy (non-hydrogen) atoms. The van der Waals surface area contributed by atoms with Gasteiger partial charge in [-0.2, -0.15) is 0 Å². The number of carbonyl (C=O) groups is 1. The molecule has 0 fully saturated rings.